The fraction of sp³-hybridized carbons (Fsp3) is 0.368. The van der Waals surface area contributed by atoms with Crippen molar-refractivity contribution < 1.29 is 18.7 Å². The van der Waals surface area contributed by atoms with Gasteiger partial charge in [0, 0.05) is 30.9 Å². The summed E-state index contributed by atoms with van der Waals surface area (Å²) >= 11 is 0. The smallest absolute Gasteiger partial charge is 0.409 e. The molecule has 1 saturated heterocycles. The fourth-order valence-electron chi connectivity index (χ4n) is 2.92. The average Bonchev–Trinajstić information content (AvgIpc) is 2.70. The van der Waals surface area contributed by atoms with Gasteiger partial charge >= 0.3 is 6.09 Å². The molecule has 0 bridgehead atoms. The third-order valence-electron chi connectivity index (χ3n) is 4.37. The molecule has 2 N–H and O–H groups in total. The van der Waals surface area contributed by atoms with Crippen LogP contribution >= 0.6 is 0 Å². The molecule has 0 atom stereocenters. The first kappa shape index (κ1) is 19.5. The van der Waals surface area contributed by atoms with E-state index in [-0.39, 0.29) is 23.6 Å². The van der Waals surface area contributed by atoms with Gasteiger partial charge in [-0.25, -0.2) is 19.2 Å². The molecule has 8 nitrogen and oxygen atoms in total. The van der Waals surface area contributed by atoms with Crippen molar-refractivity contribution in [1.82, 2.24) is 14.9 Å². The van der Waals surface area contributed by atoms with Gasteiger partial charge in [0.15, 0.2) is 0 Å². The van der Waals surface area contributed by atoms with E-state index in [1.54, 1.807) is 17.9 Å². The zero-order chi connectivity index (χ0) is 19.9. The van der Waals surface area contributed by atoms with Gasteiger partial charge in [0.05, 0.1) is 6.61 Å². The lowest BCUT2D eigenvalue weighted by Gasteiger charge is -2.31. The second kappa shape index (κ2) is 9.12. The first-order valence-corrected chi connectivity index (χ1v) is 9.12. The number of ether oxygens (including phenoxy) is 1. The number of piperidine rings is 1. The molecule has 0 saturated carbocycles. The predicted octanol–water partition coefficient (Wildman–Crippen LogP) is 2.90. The maximum absolute atomic E-state index is 13.0. The first-order valence-electron chi connectivity index (χ1n) is 9.12. The summed E-state index contributed by atoms with van der Waals surface area (Å²) in [6.45, 7) is 3.34. The van der Waals surface area contributed by atoms with Crippen LogP contribution in [0.25, 0.3) is 0 Å². The Morgan fingerprint density at radius 3 is 2.61 bits per heavy atom. The van der Waals surface area contributed by atoms with Crippen molar-refractivity contribution in [3.05, 3.63) is 48.2 Å². The molecule has 0 spiro atoms. The van der Waals surface area contributed by atoms with Crippen LogP contribution in [0.2, 0.25) is 0 Å². The van der Waals surface area contributed by atoms with Crippen LogP contribution in [0.3, 0.4) is 0 Å². The number of amides is 2. The zero-order valence-electron chi connectivity index (χ0n) is 15.5. The van der Waals surface area contributed by atoms with Crippen LogP contribution in [-0.2, 0) is 4.74 Å². The number of anilines is 2. The van der Waals surface area contributed by atoms with Gasteiger partial charge < -0.3 is 20.3 Å². The van der Waals surface area contributed by atoms with Crippen molar-refractivity contribution in [3.63, 3.8) is 0 Å². The van der Waals surface area contributed by atoms with Gasteiger partial charge in [-0.15, -0.1) is 0 Å². The van der Waals surface area contributed by atoms with E-state index in [9.17, 15) is 14.0 Å². The summed E-state index contributed by atoms with van der Waals surface area (Å²) in [4.78, 5) is 33.9. The maximum atomic E-state index is 13.0. The number of hydrogen-bond donors (Lipinski definition) is 2. The number of hydrogen-bond acceptors (Lipinski definition) is 6. The topological polar surface area (TPSA) is 96.5 Å². The summed E-state index contributed by atoms with van der Waals surface area (Å²) in [7, 11) is 0. The fourth-order valence-corrected chi connectivity index (χ4v) is 2.92. The molecule has 0 aliphatic carbocycles. The van der Waals surface area contributed by atoms with Crippen LogP contribution in [0.5, 0.6) is 0 Å². The van der Waals surface area contributed by atoms with E-state index in [0.717, 1.165) is 12.8 Å². The van der Waals surface area contributed by atoms with Gasteiger partial charge in [-0.3, -0.25) is 4.79 Å². The summed E-state index contributed by atoms with van der Waals surface area (Å²) < 4.78 is 18.0. The lowest BCUT2D eigenvalue weighted by atomic mass is 10.1. The molecule has 0 radical (unpaired) electrons. The van der Waals surface area contributed by atoms with Crippen LogP contribution in [0.1, 0.15) is 30.3 Å². The molecule has 1 fully saturated rings. The lowest BCUT2D eigenvalue weighted by Crippen LogP contribution is -2.42. The van der Waals surface area contributed by atoms with Gasteiger partial charge in [0.2, 0.25) is 0 Å². The first-order chi connectivity index (χ1) is 13.5. The Morgan fingerprint density at radius 1 is 1.21 bits per heavy atom. The summed E-state index contributed by atoms with van der Waals surface area (Å²) in [6.07, 6.45) is 2.53. The van der Waals surface area contributed by atoms with E-state index in [2.05, 4.69) is 20.6 Å². The summed E-state index contributed by atoms with van der Waals surface area (Å²) in [5.74, 6) is -0.247. The molecule has 9 heteroatoms. The number of carbonyl (C=O) groups excluding carboxylic acids is 2. The predicted molar refractivity (Wildman–Crippen MR) is 102 cm³/mol. The van der Waals surface area contributed by atoms with E-state index in [4.69, 9.17) is 4.74 Å². The number of nitrogens with one attached hydrogen (secondary N) is 2. The van der Waals surface area contributed by atoms with Crippen LogP contribution in [0.15, 0.2) is 36.7 Å². The Labute approximate surface area is 162 Å². The largest absolute Gasteiger partial charge is 0.450 e. The third-order valence-corrected chi connectivity index (χ3v) is 4.37. The Morgan fingerprint density at radius 2 is 1.93 bits per heavy atom. The van der Waals surface area contributed by atoms with Gasteiger partial charge in [-0.1, -0.05) is 0 Å². The molecule has 0 unspecified atom stereocenters. The highest BCUT2D eigenvalue weighted by molar-refractivity contribution is 6.03. The zero-order valence-corrected chi connectivity index (χ0v) is 15.5. The second-order valence-corrected chi connectivity index (χ2v) is 6.35. The molecule has 28 heavy (non-hydrogen) atoms. The van der Waals surface area contributed by atoms with Crippen molar-refractivity contribution in [2.45, 2.75) is 25.8 Å². The molecule has 2 aromatic rings. The van der Waals surface area contributed by atoms with E-state index < -0.39 is 5.91 Å². The van der Waals surface area contributed by atoms with Gasteiger partial charge in [0.25, 0.3) is 5.91 Å². The Bertz CT molecular complexity index is 823. The van der Waals surface area contributed by atoms with Gasteiger partial charge in [-0.2, -0.15) is 0 Å². The molecule has 1 aliphatic rings. The normalized spacial score (nSPS) is 14.4. The summed E-state index contributed by atoms with van der Waals surface area (Å²) in [6, 6.07) is 7.19. The Hall–Kier alpha value is -3.23. The van der Waals surface area contributed by atoms with E-state index >= 15 is 0 Å². The number of likely N-dealkylation sites (tertiary alicyclic amines) is 1. The lowest BCUT2D eigenvalue weighted by molar-refractivity contribution is 0.0980. The van der Waals surface area contributed by atoms with Crippen molar-refractivity contribution in [1.29, 1.82) is 0 Å². The van der Waals surface area contributed by atoms with Crippen molar-refractivity contribution in [2.24, 2.45) is 0 Å². The van der Waals surface area contributed by atoms with Crippen LogP contribution in [-0.4, -0.2) is 52.6 Å². The standard InChI is InChI=1S/C19H22FN5O3/c1-2-28-19(27)25-9-7-15(8-10-25)23-17-11-16(21-12-22-17)18(26)24-14-5-3-13(20)4-6-14/h3-6,11-12,15H,2,7-10H2,1H3,(H,24,26)(H,21,22,23). The number of nitrogens with zero attached hydrogens (tertiary/aromatic N) is 3. The van der Waals surface area contributed by atoms with Gasteiger partial charge in [0.1, 0.15) is 23.7 Å². The highest BCUT2D eigenvalue weighted by Crippen LogP contribution is 2.17. The average molecular weight is 387 g/mol. The summed E-state index contributed by atoms with van der Waals surface area (Å²) in [5, 5.41) is 5.94. The molecule has 2 amide bonds. The van der Waals surface area contributed by atoms with Gasteiger partial charge in [-0.05, 0) is 44.0 Å². The number of halogens is 1. The molecule has 148 valence electrons. The van der Waals surface area contributed by atoms with Crippen molar-refractivity contribution >= 4 is 23.5 Å². The van der Waals surface area contributed by atoms with Crippen LogP contribution < -0.4 is 10.6 Å². The molecule has 2 heterocycles. The highest BCUT2D eigenvalue weighted by atomic mass is 19.1. The molecule has 1 aliphatic heterocycles. The monoisotopic (exact) mass is 387 g/mol. The van der Waals surface area contributed by atoms with Crippen LogP contribution in [0, 0.1) is 5.82 Å². The van der Waals surface area contributed by atoms with E-state index in [0.29, 0.717) is 31.2 Å². The maximum Gasteiger partial charge on any atom is 0.409 e. The van der Waals surface area contributed by atoms with Crippen LogP contribution in [0.4, 0.5) is 20.7 Å². The number of rotatable bonds is 5. The minimum Gasteiger partial charge on any atom is -0.450 e. The minimum absolute atomic E-state index is 0.133. The molecule has 1 aromatic carbocycles. The SMILES string of the molecule is CCOC(=O)N1CCC(Nc2cc(C(=O)Nc3ccc(F)cc3)ncn2)CC1. The Kier molecular flexibility index (Phi) is 6.36. The molecule has 1 aromatic heterocycles. The molecular weight excluding hydrogens is 365 g/mol. The molecular formula is C19H22FN5O3. The minimum atomic E-state index is -0.408. The summed E-state index contributed by atoms with van der Waals surface area (Å²) in [5.41, 5.74) is 0.677. The van der Waals surface area contributed by atoms with Crippen molar-refractivity contribution in [2.75, 3.05) is 30.3 Å². The quantitative estimate of drug-likeness (QED) is 0.819. The second-order valence-electron chi connectivity index (χ2n) is 6.35. The Balaban J connectivity index is 1.55. The van der Waals surface area contributed by atoms with Crippen molar-refractivity contribution in [3.8, 4) is 0 Å². The number of carbonyl (C=O) groups is 2. The van der Waals surface area contributed by atoms with E-state index in [1.807, 2.05) is 0 Å². The molecule has 3 rings (SSSR count). The number of aromatic nitrogens is 2. The third kappa shape index (κ3) is 5.15. The van der Waals surface area contributed by atoms with E-state index in [1.165, 1.54) is 30.6 Å². The highest BCUT2D eigenvalue weighted by Gasteiger charge is 2.23. The number of benzene rings is 1.